The molecule has 1 atom stereocenters. The average molecular weight is 258 g/mol. The van der Waals surface area contributed by atoms with Gasteiger partial charge in [0.15, 0.2) is 0 Å². The van der Waals surface area contributed by atoms with Crippen molar-refractivity contribution >= 4 is 27.3 Å². The van der Waals surface area contributed by atoms with Gasteiger partial charge in [0.2, 0.25) is 0 Å². The Bertz CT molecular complexity index is 354. The van der Waals surface area contributed by atoms with E-state index in [1.165, 1.54) is 28.7 Å². The van der Waals surface area contributed by atoms with E-state index in [-0.39, 0.29) is 0 Å². The molecule has 0 saturated heterocycles. The first-order valence-electron chi connectivity index (χ1n) is 4.74. The Balaban J connectivity index is 2.16. The zero-order valence-corrected chi connectivity index (χ0v) is 9.96. The van der Waals surface area contributed by atoms with Gasteiger partial charge < -0.3 is 5.32 Å². The Morgan fingerprint density at radius 3 is 3.08 bits per heavy atom. The molecule has 0 bridgehead atoms. The predicted octanol–water partition coefficient (Wildman–Crippen LogP) is 3.21. The predicted molar refractivity (Wildman–Crippen MR) is 59.3 cm³/mol. The molecule has 3 rings (SSSR count). The van der Waals surface area contributed by atoms with E-state index in [1.54, 1.807) is 4.88 Å². The van der Waals surface area contributed by atoms with Gasteiger partial charge in [-0.1, -0.05) is 0 Å². The monoisotopic (exact) mass is 257 g/mol. The lowest BCUT2D eigenvalue weighted by Gasteiger charge is -2.27. The number of nitrogens with one attached hydrogen (secondary N) is 1. The third-order valence-electron chi connectivity index (χ3n) is 3.28. The minimum absolute atomic E-state index is 0.540. The molecule has 0 aromatic carbocycles. The van der Waals surface area contributed by atoms with Crippen LogP contribution in [0.3, 0.4) is 0 Å². The topological polar surface area (TPSA) is 12.0 Å². The molecule has 1 aliphatic carbocycles. The number of hydrogen-bond donors (Lipinski definition) is 1. The summed E-state index contributed by atoms with van der Waals surface area (Å²) in [6, 6.07) is 2.83. The number of thiophene rings is 1. The summed E-state index contributed by atoms with van der Waals surface area (Å²) in [4.78, 5) is 1.64. The van der Waals surface area contributed by atoms with Gasteiger partial charge >= 0.3 is 0 Å². The number of rotatable bonds is 0. The number of hydrogen-bond acceptors (Lipinski definition) is 2. The van der Waals surface area contributed by atoms with Gasteiger partial charge in [-0.25, -0.2) is 0 Å². The molecule has 0 radical (unpaired) electrons. The molecule has 1 N–H and O–H groups in total. The molecule has 2 aliphatic rings. The second kappa shape index (κ2) is 2.59. The summed E-state index contributed by atoms with van der Waals surface area (Å²) in [5.41, 5.74) is 2.07. The highest BCUT2D eigenvalue weighted by Gasteiger charge is 2.49. The summed E-state index contributed by atoms with van der Waals surface area (Å²) in [5.74, 6) is 0. The molecule has 1 nitrogen and oxygen atoms in total. The summed E-state index contributed by atoms with van der Waals surface area (Å²) in [6.07, 6.45) is 2.76. The Morgan fingerprint density at radius 2 is 2.38 bits per heavy atom. The third-order valence-corrected chi connectivity index (χ3v) is 5.18. The largest absolute Gasteiger partial charge is 0.309 e. The molecule has 1 fully saturated rings. The van der Waals surface area contributed by atoms with Crippen LogP contribution in [0.25, 0.3) is 0 Å². The molecule has 1 unspecified atom stereocenters. The average Bonchev–Trinajstić information content (AvgIpc) is 2.76. The maximum Gasteiger partial charge on any atom is 0.0705 e. The van der Waals surface area contributed by atoms with Crippen molar-refractivity contribution in [3.05, 3.63) is 20.3 Å². The van der Waals surface area contributed by atoms with Crippen LogP contribution < -0.4 is 5.32 Å². The van der Waals surface area contributed by atoms with Gasteiger partial charge in [-0.15, -0.1) is 11.3 Å². The highest BCUT2D eigenvalue weighted by molar-refractivity contribution is 9.11. The van der Waals surface area contributed by atoms with Crippen molar-refractivity contribution in [3.8, 4) is 0 Å². The van der Waals surface area contributed by atoms with Gasteiger partial charge in [-0.3, -0.25) is 0 Å². The van der Waals surface area contributed by atoms with Gasteiger partial charge in [0.25, 0.3) is 0 Å². The molecule has 13 heavy (non-hydrogen) atoms. The SMILES string of the molecule is CC1NCC2(CC2)c2sc(Br)cc21. The van der Waals surface area contributed by atoms with Crippen molar-refractivity contribution in [1.82, 2.24) is 5.32 Å². The van der Waals surface area contributed by atoms with E-state index >= 15 is 0 Å². The van der Waals surface area contributed by atoms with Crippen molar-refractivity contribution in [2.75, 3.05) is 6.54 Å². The van der Waals surface area contributed by atoms with Gasteiger partial charge in [0.05, 0.1) is 3.79 Å². The lowest BCUT2D eigenvalue weighted by Crippen LogP contribution is -2.34. The van der Waals surface area contributed by atoms with Crippen molar-refractivity contribution < 1.29 is 0 Å². The molecule has 1 aromatic rings. The van der Waals surface area contributed by atoms with Gasteiger partial charge in [-0.2, -0.15) is 0 Å². The van der Waals surface area contributed by atoms with Gasteiger partial charge in [-0.05, 0) is 47.3 Å². The summed E-state index contributed by atoms with van der Waals surface area (Å²) in [7, 11) is 0. The van der Waals surface area contributed by atoms with E-state index < -0.39 is 0 Å². The highest BCUT2D eigenvalue weighted by Crippen LogP contribution is 2.55. The lowest BCUT2D eigenvalue weighted by molar-refractivity contribution is 0.474. The highest BCUT2D eigenvalue weighted by atomic mass is 79.9. The molecule has 0 amide bonds. The van der Waals surface area contributed by atoms with Crippen LogP contribution in [0.5, 0.6) is 0 Å². The van der Waals surface area contributed by atoms with Crippen LogP contribution in [0.4, 0.5) is 0 Å². The molecule has 70 valence electrons. The van der Waals surface area contributed by atoms with Crippen LogP contribution in [0.2, 0.25) is 0 Å². The molecule has 1 spiro atoms. The standard InChI is InChI=1S/C10H12BrNS/c1-6-7-4-8(11)13-9(7)10(2-3-10)5-12-6/h4,6,12H,2-3,5H2,1H3. The van der Waals surface area contributed by atoms with Crippen molar-refractivity contribution in [2.45, 2.75) is 31.2 Å². The van der Waals surface area contributed by atoms with Crippen LogP contribution >= 0.6 is 27.3 Å². The Labute approximate surface area is 90.7 Å². The zero-order chi connectivity index (χ0) is 9.05. The first-order valence-corrected chi connectivity index (χ1v) is 6.35. The Morgan fingerprint density at radius 1 is 1.62 bits per heavy atom. The van der Waals surface area contributed by atoms with Crippen LogP contribution in [0.1, 0.15) is 36.2 Å². The smallest absolute Gasteiger partial charge is 0.0705 e. The molecule has 2 heterocycles. The van der Waals surface area contributed by atoms with Gasteiger partial charge in [0.1, 0.15) is 0 Å². The maximum absolute atomic E-state index is 3.59. The fraction of sp³-hybridized carbons (Fsp3) is 0.600. The van der Waals surface area contributed by atoms with E-state index in [2.05, 4.69) is 34.2 Å². The number of halogens is 1. The van der Waals surface area contributed by atoms with Gasteiger partial charge in [0, 0.05) is 22.9 Å². The van der Waals surface area contributed by atoms with Crippen LogP contribution in [0, 0.1) is 0 Å². The fourth-order valence-electron chi connectivity index (χ4n) is 2.20. The fourth-order valence-corrected chi connectivity index (χ4v) is 4.16. The van der Waals surface area contributed by atoms with Crippen molar-refractivity contribution in [1.29, 1.82) is 0 Å². The molecule has 1 saturated carbocycles. The Hall–Kier alpha value is 0.140. The third kappa shape index (κ3) is 1.14. The minimum Gasteiger partial charge on any atom is -0.309 e. The quantitative estimate of drug-likeness (QED) is 0.753. The van der Waals surface area contributed by atoms with E-state index in [0.29, 0.717) is 11.5 Å². The van der Waals surface area contributed by atoms with E-state index in [1.807, 2.05) is 11.3 Å². The maximum atomic E-state index is 3.59. The molecule has 1 aromatic heterocycles. The van der Waals surface area contributed by atoms with E-state index in [9.17, 15) is 0 Å². The lowest BCUT2D eigenvalue weighted by atomic mass is 9.93. The molecule has 3 heteroatoms. The summed E-state index contributed by atoms with van der Waals surface area (Å²) >= 11 is 5.53. The molecular formula is C10H12BrNS. The van der Waals surface area contributed by atoms with E-state index in [4.69, 9.17) is 0 Å². The Kier molecular flexibility index (Phi) is 1.68. The first-order chi connectivity index (χ1) is 6.21. The summed E-state index contributed by atoms with van der Waals surface area (Å²) in [6.45, 7) is 3.45. The molecular weight excluding hydrogens is 246 g/mol. The first kappa shape index (κ1) is 8.45. The second-order valence-electron chi connectivity index (χ2n) is 4.22. The zero-order valence-electron chi connectivity index (χ0n) is 7.56. The van der Waals surface area contributed by atoms with Crippen LogP contribution in [0.15, 0.2) is 9.85 Å². The van der Waals surface area contributed by atoms with Crippen molar-refractivity contribution in [2.24, 2.45) is 0 Å². The van der Waals surface area contributed by atoms with Crippen LogP contribution in [-0.2, 0) is 5.41 Å². The van der Waals surface area contributed by atoms with E-state index in [0.717, 1.165) is 0 Å². The number of fused-ring (bicyclic) bond motifs is 2. The molecule has 1 aliphatic heterocycles. The minimum atomic E-state index is 0.540. The summed E-state index contributed by atoms with van der Waals surface area (Å²) in [5, 5.41) is 3.59. The second-order valence-corrected chi connectivity index (χ2v) is 6.65. The summed E-state index contributed by atoms with van der Waals surface area (Å²) < 4.78 is 1.29. The van der Waals surface area contributed by atoms with Crippen molar-refractivity contribution in [3.63, 3.8) is 0 Å². The normalized spacial score (nSPS) is 28.9. The van der Waals surface area contributed by atoms with Crippen LogP contribution in [-0.4, -0.2) is 6.54 Å².